The summed E-state index contributed by atoms with van der Waals surface area (Å²) >= 11 is 0. The Morgan fingerprint density at radius 2 is 1.41 bits per heavy atom. The number of aliphatic hydroxyl groups excluding tert-OH is 1. The van der Waals surface area contributed by atoms with Crippen molar-refractivity contribution in [2.75, 3.05) is 36.0 Å². The number of anilines is 3. The maximum Gasteiger partial charge on any atom is 0.121 e. The van der Waals surface area contributed by atoms with Gasteiger partial charge in [0.15, 0.2) is 0 Å². The van der Waals surface area contributed by atoms with Crippen molar-refractivity contribution in [1.29, 1.82) is 0 Å². The van der Waals surface area contributed by atoms with Gasteiger partial charge < -0.3 is 20.0 Å². The number of hydrogen-bond donors (Lipinski definition) is 2. The highest BCUT2D eigenvalue weighted by molar-refractivity contribution is 5.78. The van der Waals surface area contributed by atoms with E-state index in [0.29, 0.717) is 12.3 Å². The maximum atomic E-state index is 11.0. The van der Waals surface area contributed by atoms with E-state index >= 15 is 0 Å². The fraction of sp³-hybridized carbons (Fsp3) is 0.280. The highest BCUT2D eigenvalue weighted by Crippen LogP contribution is 2.50. The minimum atomic E-state index is -0.0527. The van der Waals surface area contributed by atoms with Gasteiger partial charge in [0.25, 0.3) is 0 Å². The second kappa shape index (κ2) is 8.18. The molecule has 0 bridgehead atoms. The molecule has 0 aliphatic carbocycles. The zero-order chi connectivity index (χ0) is 20.4. The van der Waals surface area contributed by atoms with Crippen molar-refractivity contribution in [3.63, 3.8) is 0 Å². The van der Waals surface area contributed by atoms with Gasteiger partial charge in [-0.25, -0.2) is 0 Å². The second-order valence-corrected chi connectivity index (χ2v) is 7.34. The van der Waals surface area contributed by atoms with Crippen molar-refractivity contribution < 1.29 is 10.2 Å². The largest absolute Gasteiger partial charge is 0.508 e. The molecular formula is C25H28N2O2. The van der Waals surface area contributed by atoms with Crippen LogP contribution in [0, 0.1) is 0 Å². The molecule has 0 radical (unpaired) electrons. The van der Waals surface area contributed by atoms with Crippen LogP contribution in [0.5, 0.6) is 5.75 Å². The number of benzene rings is 3. The predicted molar refractivity (Wildman–Crippen MR) is 120 cm³/mol. The Balaban J connectivity index is 1.88. The van der Waals surface area contributed by atoms with E-state index in [1.165, 1.54) is 0 Å². The van der Waals surface area contributed by atoms with Gasteiger partial charge in [-0.3, -0.25) is 0 Å². The van der Waals surface area contributed by atoms with Crippen molar-refractivity contribution in [1.82, 2.24) is 0 Å². The van der Waals surface area contributed by atoms with E-state index in [1.54, 1.807) is 0 Å². The molecule has 0 saturated heterocycles. The third-order valence-corrected chi connectivity index (χ3v) is 5.85. The standard InChI is InChI=1S/C25H28N2O2/c1-3-26(4-2)18-13-14-21(24(29)17-18)25-19-9-5-7-11-22(19)27(15-16-28)23-12-8-6-10-20(23)25/h5-14,17,25,28-29H,3-4,15-16H2,1-2H3. The van der Waals surface area contributed by atoms with Gasteiger partial charge in [0.05, 0.1) is 6.61 Å². The van der Waals surface area contributed by atoms with E-state index < -0.39 is 0 Å². The van der Waals surface area contributed by atoms with Crippen LogP contribution in [0.2, 0.25) is 0 Å². The van der Waals surface area contributed by atoms with E-state index in [9.17, 15) is 10.2 Å². The van der Waals surface area contributed by atoms with Crippen molar-refractivity contribution in [3.05, 3.63) is 83.4 Å². The average Bonchev–Trinajstić information content (AvgIpc) is 2.75. The molecule has 29 heavy (non-hydrogen) atoms. The molecule has 4 rings (SSSR count). The normalized spacial score (nSPS) is 13.1. The Hall–Kier alpha value is -2.98. The molecule has 0 atom stereocenters. The minimum absolute atomic E-state index is 0.0527. The molecule has 4 nitrogen and oxygen atoms in total. The van der Waals surface area contributed by atoms with Crippen LogP contribution in [-0.4, -0.2) is 36.5 Å². The Morgan fingerprint density at radius 1 is 0.828 bits per heavy atom. The molecule has 0 fully saturated rings. The number of para-hydroxylation sites is 2. The molecule has 2 N–H and O–H groups in total. The smallest absolute Gasteiger partial charge is 0.121 e. The van der Waals surface area contributed by atoms with Gasteiger partial charge in [-0.1, -0.05) is 42.5 Å². The Morgan fingerprint density at radius 3 is 1.93 bits per heavy atom. The Bertz CT molecular complexity index is 950. The quantitative estimate of drug-likeness (QED) is 0.633. The SMILES string of the molecule is CCN(CC)c1ccc(C2c3ccccc3N(CCO)c3ccccc32)c(O)c1. The number of phenolic OH excluding ortho intramolecular Hbond substituents is 1. The van der Waals surface area contributed by atoms with Crippen molar-refractivity contribution in [2.24, 2.45) is 0 Å². The van der Waals surface area contributed by atoms with Crippen LogP contribution in [0.1, 0.15) is 36.5 Å². The first-order valence-electron chi connectivity index (χ1n) is 10.3. The third-order valence-electron chi connectivity index (χ3n) is 5.85. The molecule has 0 saturated carbocycles. The number of fused-ring (bicyclic) bond motifs is 2. The van der Waals surface area contributed by atoms with E-state index in [2.05, 4.69) is 60.0 Å². The molecule has 150 valence electrons. The maximum absolute atomic E-state index is 11.0. The first-order chi connectivity index (χ1) is 14.2. The first-order valence-corrected chi connectivity index (χ1v) is 10.3. The average molecular weight is 389 g/mol. The summed E-state index contributed by atoms with van der Waals surface area (Å²) < 4.78 is 0. The number of rotatable bonds is 6. The molecule has 1 aliphatic heterocycles. The lowest BCUT2D eigenvalue weighted by molar-refractivity contribution is 0.305. The summed E-state index contributed by atoms with van der Waals surface area (Å²) in [4.78, 5) is 4.40. The molecule has 3 aromatic rings. The van der Waals surface area contributed by atoms with Gasteiger partial charge in [-0.15, -0.1) is 0 Å². The van der Waals surface area contributed by atoms with Crippen molar-refractivity contribution in [3.8, 4) is 5.75 Å². The monoisotopic (exact) mass is 388 g/mol. The molecule has 1 aliphatic rings. The second-order valence-electron chi connectivity index (χ2n) is 7.34. The summed E-state index contributed by atoms with van der Waals surface area (Å²) in [6.07, 6.45) is 0. The Labute approximate surface area is 172 Å². The van der Waals surface area contributed by atoms with E-state index in [-0.39, 0.29) is 12.5 Å². The fourth-order valence-corrected chi connectivity index (χ4v) is 4.49. The number of β-amino-alcohol motifs (C(OH)–C–C–N with tert-alkyl or cyclic N) is 1. The lowest BCUT2D eigenvalue weighted by atomic mass is 9.80. The number of hydrogen-bond acceptors (Lipinski definition) is 4. The zero-order valence-electron chi connectivity index (χ0n) is 17.0. The van der Waals surface area contributed by atoms with Gasteiger partial charge in [0.2, 0.25) is 0 Å². The van der Waals surface area contributed by atoms with E-state index in [1.807, 2.05) is 30.3 Å². The molecule has 1 heterocycles. The molecule has 3 aromatic carbocycles. The zero-order valence-corrected chi connectivity index (χ0v) is 17.0. The molecule has 0 amide bonds. The van der Waals surface area contributed by atoms with Crippen LogP contribution in [0.25, 0.3) is 0 Å². The molecule has 0 unspecified atom stereocenters. The number of aromatic hydroxyl groups is 1. The molecule has 0 spiro atoms. The summed E-state index contributed by atoms with van der Waals surface area (Å²) in [6.45, 7) is 6.67. The van der Waals surface area contributed by atoms with Crippen LogP contribution < -0.4 is 9.80 Å². The predicted octanol–water partition coefficient (Wildman–Crippen LogP) is 4.86. The Kier molecular flexibility index (Phi) is 5.45. The van der Waals surface area contributed by atoms with Gasteiger partial charge in [-0.2, -0.15) is 0 Å². The lowest BCUT2D eigenvalue weighted by Crippen LogP contribution is -2.28. The number of aliphatic hydroxyl groups is 1. The summed E-state index contributed by atoms with van der Waals surface area (Å²) in [7, 11) is 0. The van der Waals surface area contributed by atoms with E-state index in [4.69, 9.17) is 0 Å². The van der Waals surface area contributed by atoms with Gasteiger partial charge in [0, 0.05) is 54.2 Å². The minimum Gasteiger partial charge on any atom is -0.508 e. The third kappa shape index (κ3) is 3.34. The van der Waals surface area contributed by atoms with Crippen LogP contribution in [0.3, 0.4) is 0 Å². The van der Waals surface area contributed by atoms with Crippen molar-refractivity contribution in [2.45, 2.75) is 19.8 Å². The van der Waals surface area contributed by atoms with E-state index in [0.717, 1.165) is 46.8 Å². The van der Waals surface area contributed by atoms with Crippen LogP contribution in [0.15, 0.2) is 66.7 Å². The van der Waals surface area contributed by atoms with Gasteiger partial charge in [0.1, 0.15) is 5.75 Å². The summed E-state index contributed by atoms with van der Waals surface area (Å²) in [5, 5.41) is 20.7. The highest BCUT2D eigenvalue weighted by Gasteiger charge is 2.32. The number of nitrogens with zero attached hydrogens (tertiary/aromatic N) is 2. The van der Waals surface area contributed by atoms with Crippen LogP contribution >= 0.6 is 0 Å². The number of phenols is 1. The summed E-state index contributed by atoms with van der Waals surface area (Å²) in [5.41, 5.74) is 6.39. The topological polar surface area (TPSA) is 46.9 Å². The summed E-state index contributed by atoms with van der Waals surface area (Å²) in [5.74, 6) is 0.266. The van der Waals surface area contributed by atoms with Crippen LogP contribution in [-0.2, 0) is 0 Å². The lowest BCUT2D eigenvalue weighted by Gasteiger charge is -2.38. The van der Waals surface area contributed by atoms with Gasteiger partial charge >= 0.3 is 0 Å². The molecular weight excluding hydrogens is 360 g/mol. The van der Waals surface area contributed by atoms with Crippen LogP contribution in [0.4, 0.5) is 17.1 Å². The van der Waals surface area contributed by atoms with Crippen molar-refractivity contribution >= 4 is 17.1 Å². The molecule has 4 heteroatoms. The first kappa shape index (κ1) is 19.3. The molecule has 0 aromatic heterocycles. The highest BCUT2D eigenvalue weighted by atomic mass is 16.3. The summed E-state index contributed by atoms with van der Waals surface area (Å²) in [6, 6.07) is 22.6. The fourth-order valence-electron chi connectivity index (χ4n) is 4.49. The van der Waals surface area contributed by atoms with Gasteiger partial charge in [-0.05, 0) is 43.2 Å².